The number of rotatable bonds is 3. The maximum Gasteiger partial charge on any atom is 0.252 e. The zero-order valence-corrected chi connectivity index (χ0v) is 11.4. The van der Waals surface area contributed by atoms with Crippen LogP contribution in [-0.2, 0) is 5.75 Å². The average Bonchev–Trinajstić information content (AvgIpc) is 2.81. The molecular weight excluding hydrogens is 279 g/mol. The Kier molecular flexibility index (Phi) is 3.27. The van der Waals surface area contributed by atoms with E-state index in [1.165, 1.54) is 23.9 Å². The number of fused-ring (bicyclic) bond motifs is 1. The Balaban J connectivity index is 1.92. The van der Waals surface area contributed by atoms with Crippen LogP contribution < -0.4 is 5.56 Å². The number of H-pyrrole nitrogens is 1. The van der Waals surface area contributed by atoms with Crippen LogP contribution in [0.5, 0.6) is 0 Å². The normalized spacial score (nSPS) is 11.1. The Morgan fingerprint density at radius 1 is 1.35 bits per heavy atom. The summed E-state index contributed by atoms with van der Waals surface area (Å²) in [5.74, 6) is 0.608. The Hall–Kier alpha value is -2.15. The second-order valence-electron chi connectivity index (χ2n) is 4.30. The van der Waals surface area contributed by atoms with E-state index in [0.717, 1.165) is 5.69 Å². The van der Waals surface area contributed by atoms with Crippen LogP contribution in [0.4, 0.5) is 4.39 Å². The Bertz CT molecular complexity index is 827. The van der Waals surface area contributed by atoms with Crippen molar-refractivity contribution in [1.82, 2.24) is 19.6 Å². The topological polar surface area (TPSA) is 63.0 Å². The Labute approximate surface area is 117 Å². The molecule has 0 saturated carbocycles. The SMILES string of the molecule is Cc1cc(=O)[nH]c2nnc(SCc3ccccc3F)n12. The highest BCUT2D eigenvalue weighted by molar-refractivity contribution is 7.98. The molecule has 0 bridgehead atoms. The van der Waals surface area contributed by atoms with Crippen molar-refractivity contribution in [2.24, 2.45) is 0 Å². The second-order valence-corrected chi connectivity index (χ2v) is 5.24. The summed E-state index contributed by atoms with van der Waals surface area (Å²) in [6, 6.07) is 8.10. The summed E-state index contributed by atoms with van der Waals surface area (Å²) in [5, 5.41) is 8.57. The van der Waals surface area contributed by atoms with Crippen molar-refractivity contribution in [1.29, 1.82) is 0 Å². The maximum atomic E-state index is 13.6. The van der Waals surface area contributed by atoms with E-state index < -0.39 is 0 Å². The van der Waals surface area contributed by atoms with Gasteiger partial charge in [0.25, 0.3) is 5.56 Å². The first kappa shape index (κ1) is 12.9. The Morgan fingerprint density at radius 2 is 2.15 bits per heavy atom. The van der Waals surface area contributed by atoms with Crippen molar-refractivity contribution < 1.29 is 4.39 Å². The minimum absolute atomic E-state index is 0.215. The van der Waals surface area contributed by atoms with Crippen LogP contribution in [0, 0.1) is 12.7 Å². The summed E-state index contributed by atoms with van der Waals surface area (Å²) in [5.41, 5.74) is 1.13. The second kappa shape index (κ2) is 5.09. The first-order valence-electron chi connectivity index (χ1n) is 5.96. The predicted octanol–water partition coefficient (Wildman–Crippen LogP) is 2.16. The lowest BCUT2D eigenvalue weighted by atomic mass is 10.2. The molecule has 1 aromatic carbocycles. The van der Waals surface area contributed by atoms with Gasteiger partial charge in [0.15, 0.2) is 5.16 Å². The zero-order chi connectivity index (χ0) is 14.1. The van der Waals surface area contributed by atoms with Crippen molar-refractivity contribution in [2.75, 3.05) is 0 Å². The third kappa shape index (κ3) is 2.32. The molecule has 7 heteroatoms. The summed E-state index contributed by atoms with van der Waals surface area (Å²) in [7, 11) is 0. The molecule has 102 valence electrons. The van der Waals surface area contributed by atoms with Crippen LogP contribution in [-0.4, -0.2) is 19.6 Å². The number of hydrogen-bond acceptors (Lipinski definition) is 4. The van der Waals surface area contributed by atoms with E-state index in [-0.39, 0.29) is 11.4 Å². The molecule has 0 aliphatic carbocycles. The lowest BCUT2D eigenvalue weighted by molar-refractivity contribution is 0.617. The molecule has 5 nitrogen and oxygen atoms in total. The minimum Gasteiger partial charge on any atom is -0.291 e. The number of benzene rings is 1. The first-order chi connectivity index (χ1) is 9.65. The van der Waals surface area contributed by atoms with Crippen LogP contribution in [0.2, 0.25) is 0 Å². The Morgan fingerprint density at radius 3 is 2.95 bits per heavy atom. The summed E-state index contributed by atoms with van der Waals surface area (Å²) in [6.45, 7) is 1.80. The number of nitrogens with zero attached hydrogens (tertiary/aromatic N) is 3. The monoisotopic (exact) mass is 290 g/mol. The molecule has 3 aromatic rings. The minimum atomic E-state index is -0.237. The fraction of sp³-hybridized carbons (Fsp3) is 0.154. The van der Waals surface area contributed by atoms with Crippen LogP contribution in [0.25, 0.3) is 5.78 Å². The molecule has 0 amide bonds. The van der Waals surface area contributed by atoms with Crippen molar-refractivity contribution >= 4 is 17.5 Å². The van der Waals surface area contributed by atoms with Crippen molar-refractivity contribution in [3.05, 3.63) is 57.8 Å². The van der Waals surface area contributed by atoms with E-state index in [1.807, 2.05) is 0 Å². The maximum absolute atomic E-state index is 13.6. The average molecular weight is 290 g/mol. The molecule has 0 spiro atoms. The zero-order valence-electron chi connectivity index (χ0n) is 10.6. The summed E-state index contributed by atoms with van der Waals surface area (Å²) in [6.07, 6.45) is 0. The molecule has 0 unspecified atom stereocenters. The van der Waals surface area contributed by atoms with Gasteiger partial charge in [-0.1, -0.05) is 30.0 Å². The first-order valence-corrected chi connectivity index (χ1v) is 6.95. The van der Waals surface area contributed by atoms with Crippen LogP contribution in [0.1, 0.15) is 11.3 Å². The van der Waals surface area contributed by atoms with Crippen LogP contribution in [0.3, 0.4) is 0 Å². The van der Waals surface area contributed by atoms with Gasteiger partial charge in [-0.05, 0) is 18.6 Å². The van der Waals surface area contributed by atoms with E-state index in [2.05, 4.69) is 15.2 Å². The molecule has 1 N–H and O–H groups in total. The van der Waals surface area contributed by atoms with Crippen LogP contribution in [0.15, 0.2) is 40.3 Å². The van der Waals surface area contributed by atoms with Gasteiger partial charge < -0.3 is 0 Å². The van der Waals surface area contributed by atoms with E-state index >= 15 is 0 Å². The fourth-order valence-electron chi connectivity index (χ4n) is 1.92. The number of nitrogens with one attached hydrogen (secondary N) is 1. The van der Waals surface area contributed by atoms with Gasteiger partial charge in [-0.3, -0.25) is 14.2 Å². The van der Waals surface area contributed by atoms with E-state index in [9.17, 15) is 9.18 Å². The van der Waals surface area contributed by atoms with Crippen LogP contribution >= 0.6 is 11.8 Å². The van der Waals surface area contributed by atoms with Gasteiger partial charge in [0.1, 0.15) is 5.82 Å². The van der Waals surface area contributed by atoms with Crippen molar-refractivity contribution in [3.8, 4) is 0 Å². The molecule has 20 heavy (non-hydrogen) atoms. The lowest BCUT2D eigenvalue weighted by Crippen LogP contribution is -2.09. The highest BCUT2D eigenvalue weighted by atomic mass is 32.2. The number of aromatic nitrogens is 4. The smallest absolute Gasteiger partial charge is 0.252 e. The quantitative estimate of drug-likeness (QED) is 0.751. The molecule has 0 saturated heterocycles. The van der Waals surface area contributed by atoms with E-state index in [0.29, 0.717) is 22.3 Å². The van der Waals surface area contributed by atoms with Gasteiger partial charge >= 0.3 is 0 Å². The highest BCUT2D eigenvalue weighted by Gasteiger charge is 2.10. The standard InChI is InChI=1S/C13H11FN4OS/c1-8-6-11(19)15-12-16-17-13(18(8)12)20-7-9-4-2-3-5-10(9)14/h2-6H,7H2,1H3,(H,15,16,19). The number of aromatic amines is 1. The number of thioether (sulfide) groups is 1. The molecule has 3 rings (SSSR count). The fourth-order valence-corrected chi connectivity index (χ4v) is 2.90. The van der Waals surface area contributed by atoms with Gasteiger partial charge in [-0.25, -0.2) is 4.39 Å². The van der Waals surface area contributed by atoms with Gasteiger partial charge in [-0.2, -0.15) is 0 Å². The van der Waals surface area contributed by atoms with Gasteiger partial charge in [0.05, 0.1) is 0 Å². The summed E-state index contributed by atoms with van der Waals surface area (Å²) < 4.78 is 15.3. The van der Waals surface area contributed by atoms with Crippen molar-refractivity contribution in [2.45, 2.75) is 17.8 Å². The van der Waals surface area contributed by atoms with Gasteiger partial charge in [0.2, 0.25) is 5.78 Å². The summed E-state index contributed by atoms with van der Waals surface area (Å²) >= 11 is 1.37. The van der Waals surface area contributed by atoms with Crippen molar-refractivity contribution in [3.63, 3.8) is 0 Å². The van der Waals surface area contributed by atoms with E-state index in [4.69, 9.17) is 0 Å². The number of aryl methyl sites for hydroxylation is 1. The molecule has 0 aliphatic rings. The highest BCUT2D eigenvalue weighted by Crippen LogP contribution is 2.23. The number of halogens is 1. The predicted molar refractivity (Wildman–Crippen MR) is 74.3 cm³/mol. The lowest BCUT2D eigenvalue weighted by Gasteiger charge is -2.03. The van der Waals surface area contributed by atoms with Gasteiger partial charge in [0, 0.05) is 17.5 Å². The van der Waals surface area contributed by atoms with E-state index in [1.54, 1.807) is 29.5 Å². The third-order valence-electron chi connectivity index (χ3n) is 2.88. The third-order valence-corrected chi connectivity index (χ3v) is 3.85. The van der Waals surface area contributed by atoms with Gasteiger partial charge in [-0.15, -0.1) is 10.2 Å². The largest absolute Gasteiger partial charge is 0.291 e. The molecule has 0 aliphatic heterocycles. The molecule has 0 radical (unpaired) electrons. The number of hydrogen-bond donors (Lipinski definition) is 1. The summed E-state index contributed by atoms with van der Waals surface area (Å²) in [4.78, 5) is 14.0. The molecule has 0 fully saturated rings. The molecule has 2 aromatic heterocycles. The molecule has 0 atom stereocenters. The molecular formula is C13H11FN4OS. The molecule has 2 heterocycles.